The van der Waals surface area contributed by atoms with E-state index in [-0.39, 0.29) is 24.9 Å². The number of carbonyl (C=O) groups is 3. The summed E-state index contributed by atoms with van der Waals surface area (Å²) in [5.41, 5.74) is 3.47. The van der Waals surface area contributed by atoms with Crippen molar-refractivity contribution in [3.05, 3.63) is 59.7 Å². The molecule has 0 saturated carbocycles. The number of carbonyl (C=O) groups excluding carboxylic acids is 2. The second-order valence-electron chi connectivity index (χ2n) is 9.11. The number of carboxylic acids is 1. The average molecular weight is 467 g/mol. The maximum atomic E-state index is 13.1. The van der Waals surface area contributed by atoms with E-state index in [1.165, 1.54) is 0 Å². The molecule has 2 N–H and O–H groups in total. The number of hydrogen-bond acceptors (Lipinski definition) is 4. The quantitative estimate of drug-likeness (QED) is 0.464. The third-order valence-electron chi connectivity index (χ3n) is 6.42. The van der Waals surface area contributed by atoms with Crippen LogP contribution in [0.1, 0.15) is 63.0 Å². The zero-order valence-corrected chi connectivity index (χ0v) is 20.2. The Balaban J connectivity index is 1.62. The molecule has 1 atom stereocenters. The van der Waals surface area contributed by atoms with Crippen LogP contribution in [-0.4, -0.2) is 53.7 Å². The third-order valence-corrected chi connectivity index (χ3v) is 6.42. The van der Waals surface area contributed by atoms with Crippen molar-refractivity contribution >= 4 is 18.0 Å². The van der Waals surface area contributed by atoms with Crippen molar-refractivity contribution in [3.8, 4) is 11.1 Å². The third kappa shape index (κ3) is 5.76. The monoisotopic (exact) mass is 466 g/mol. The van der Waals surface area contributed by atoms with Gasteiger partial charge in [-0.15, -0.1) is 0 Å². The minimum atomic E-state index is -1.10. The summed E-state index contributed by atoms with van der Waals surface area (Å²) >= 11 is 0. The Kier molecular flexibility index (Phi) is 8.31. The second-order valence-corrected chi connectivity index (χ2v) is 9.11. The summed E-state index contributed by atoms with van der Waals surface area (Å²) in [5.74, 6) is -1.11. The maximum Gasteiger partial charge on any atom is 0.408 e. The normalized spacial score (nSPS) is 14.0. The van der Waals surface area contributed by atoms with Gasteiger partial charge in [0.1, 0.15) is 12.1 Å². The van der Waals surface area contributed by atoms with E-state index in [0.29, 0.717) is 32.2 Å². The van der Waals surface area contributed by atoms with Crippen molar-refractivity contribution < 1.29 is 24.2 Å². The molecule has 182 valence electrons. The molecule has 1 unspecified atom stereocenters. The molecule has 1 aliphatic carbocycles. The average Bonchev–Trinajstić information content (AvgIpc) is 3.13. The Hall–Kier alpha value is -3.35. The van der Waals surface area contributed by atoms with E-state index in [4.69, 9.17) is 9.84 Å². The lowest BCUT2D eigenvalue weighted by molar-refractivity contribution is -0.137. The van der Waals surface area contributed by atoms with Crippen molar-refractivity contribution in [2.45, 2.75) is 57.4 Å². The van der Waals surface area contributed by atoms with E-state index in [2.05, 4.69) is 29.6 Å². The maximum absolute atomic E-state index is 13.1. The lowest BCUT2D eigenvalue weighted by Gasteiger charge is -2.33. The van der Waals surface area contributed by atoms with Gasteiger partial charge in [0.05, 0.1) is 0 Å². The van der Waals surface area contributed by atoms with Crippen LogP contribution in [0.15, 0.2) is 48.5 Å². The molecule has 1 aliphatic rings. The van der Waals surface area contributed by atoms with E-state index >= 15 is 0 Å². The zero-order valence-electron chi connectivity index (χ0n) is 20.2. The van der Waals surface area contributed by atoms with Crippen LogP contribution in [-0.2, 0) is 14.3 Å². The van der Waals surface area contributed by atoms with Gasteiger partial charge in [0.25, 0.3) is 0 Å². The summed E-state index contributed by atoms with van der Waals surface area (Å²) in [5, 5.41) is 11.6. The fourth-order valence-electron chi connectivity index (χ4n) is 4.73. The molecule has 7 heteroatoms. The van der Waals surface area contributed by atoms with Crippen LogP contribution in [0.2, 0.25) is 0 Å². The Morgan fingerprint density at radius 1 is 1.03 bits per heavy atom. The molecule has 2 aromatic carbocycles. The summed E-state index contributed by atoms with van der Waals surface area (Å²) in [7, 11) is 1.68. The number of alkyl carbamates (subject to hydrolysis) is 1. The Labute approximate surface area is 201 Å². The fraction of sp³-hybridized carbons (Fsp3) is 0.444. The molecule has 0 spiro atoms. The second kappa shape index (κ2) is 11.2. The van der Waals surface area contributed by atoms with Gasteiger partial charge in [0.2, 0.25) is 5.91 Å². The minimum absolute atomic E-state index is 0.0526. The van der Waals surface area contributed by atoms with Gasteiger partial charge in [0, 0.05) is 25.9 Å². The predicted molar refractivity (Wildman–Crippen MR) is 131 cm³/mol. The van der Waals surface area contributed by atoms with Gasteiger partial charge < -0.3 is 20.1 Å². The van der Waals surface area contributed by atoms with Crippen LogP contribution in [0.25, 0.3) is 11.1 Å². The van der Waals surface area contributed by atoms with Gasteiger partial charge in [-0.05, 0) is 48.4 Å². The summed E-state index contributed by atoms with van der Waals surface area (Å²) in [6.07, 6.45) is 1.71. The van der Waals surface area contributed by atoms with Crippen LogP contribution in [0.5, 0.6) is 0 Å². The zero-order chi connectivity index (χ0) is 24.7. The number of carboxylic acid groups (broad SMARTS) is 1. The number of ether oxygens (including phenoxy) is 1. The van der Waals surface area contributed by atoms with Crippen molar-refractivity contribution in [2.24, 2.45) is 0 Å². The number of aliphatic carboxylic acids is 1. The van der Waals surface area contributed by atoms with Gasteiger partial charge in [-0.25, -0.2) is 4.79 Å². The van der Waals surface area contributed by atoms with Crippen molar-refractivity contribution in [3.63, 3.8) is 0 Å². The molecule has 0 heterocycles. The molecule has 0 aliphatic heterocycles. The van der Waals surface area contributed by atoms with Crippen molar-refractivity contribution in [1.29, 1.82) is 0 Å². The highest BCUT2D eigenvalue weighted by Gasteiger charge is 2.37. The first kappa shape index (κ1) is 25.3. The molecule has 0 fully saturated rings. The fourth-order valence-corrected chi connectivity index (χ4v) is 4.73. The van der Waals surface area contributed by atoms with E-state index in [1.54, 1.807) is 18.9 Å². The standard InChI is InChI=1S/C27H34N2O5/c1-4-16-27(2,25(32)29(3)17-10-9-15-24(30)31)28-26(33)34-18-23-21-13-7-5-11-19(21)20-12-6-8-14-22(20)23/h5-8,11-14,23H,4,9-10,15-18H2,1-3H3,(H,28,33)(H,30,31). The van der Waals surface area contributed by atoms with Gasteiger partial charge >= 0.3 is 12.1 Å². The van der Waals surface area contributed by atoms with E-state index in [0.717, 1.165) is 22.3 Å². The van der Waals surface area contributed by atoms with Gasteiger partial charge in [-0.1, -0.05) is 61.9 Å². The van der Waals surface area contributed by atoms with Crippen LogP contribution >= 0.6 is 0 Å². The minimum Gasteiger partial charge on any atom is -0.481 e. The van der Waals surface area contributed by atoms with E-state index < -0.39 is 17.6 Å². The topological polar surface area (TPSA) is 95.9 Å². The summed E-state index contributed by atoms with van der Waals surface area (Å²) < 4.78 is 5.65. The van der Waals surface area contributed by atoms with Crippen molar-refractivity contribution in [2.75, 3.05) is 20.2 Å². The number of benzene rings is 2. The molecule has 0 bridgehead atoms. The number of rotatable bonds is 11. The number of hydrogen-bond donors (Lipinski definition) is 2. The molecular weight excluding hydrogens is 432 g/mol. The lowest BCUT2D eigenvalue weighted by Crippen LogP contribution is -2.57. The van der Waals surface area contributed by atoms with Gasteiger partial charge in [0.15, 0.2) is 0 Å². The highest BCUT2D eigenvalue weighted by atomic mass is 16.5. The van der Waals surface area contributed by atoms with Crippen LogP contribution < -0.4 is 5.32 Å². The number of unbranched alkanes of at least 4 members (excludes halogenated alkanes) is 1. The number of nitrogens with zero attached hydrogens (tertiary/aromatic N) is 1. The summed E-state index contributed by atoms with van der Waals surface area (Å²) in [4.78, 5) is 38.2. The first-order valence-corrected chi connectivity index (χ1v) is 11.9. The molecule has 34 heavy (non-hydrogen) atoms. The molecular formula is C27H34N2O5. The van der Waals surface area contributed by atoms with Crippen LogP contribution in [0.4, 0.5) is 4.79 Å². The lowest BCUT2D eigenvalue weighted by atomic mass is 9.94. The highest BCUT2D eigenvalue weighted by molar-refractivity contribution is 5.89. The van der Waals surface area contributed by atoms with Gasteiger partial charge in [-0.2, -0.15) is 0 Å². The smallest absolute Gasteiger partial charge is 0.408 e. The Morgan fingerprint density at radius 2 is 1.62 bits per heavy atom. The first-order chi connectivity index (χ1) is 16.3. The molecule has 7 nitrogen and oxygen atoms in total. The molecule has 0 saturated heterocycles. The summed E-state index contributed by atoms with van der Waals surface area (Å²) in [6.45, 7) is 4.28. The number of likely N-dealkylation sites (N-methyl/N-ethyl adjacent to an activating group) is 1. The number of fused-ring (bicyclic) bond motifs is 3. The Bertz CT molecular complexity index is 992. The van der Waals surface area contributed by atoms with Gasteiger partial charge in [-0.3, -0.25) is 9.59 Å². The highest BCUT2D eigenvalue weighted by Crippen LogP contribution is 2.44. The van der Waals surface area contributed by atoms with E-state index in [9.17, 15) is 14.4 Å². The molecule has 2 amide bonds. The van der Waals surface area contributed by atoms with Crippen LogP contribution in [0.3, 0.4) is 0 Å². The first-order valence-electron chi connectivity index (χ1n) is 11.9. The molecule has 2 aromatic rings. The summed E-state index contributed by atoms with van der Waals surface area (Å²) in [6, 6.07) is 16.3. The predicted octanol–water partition coefficient (Wildman–Crippen LogP) is 4.80. The number of nitrogens with one attached hydrogen (secondary N) is 1. The van der Waals surface area contributed by atoms with Crippen molar-refractivity contribution in [1.82, 2.24) is 10.2 Å². The van der Waals surface area contributed by atoms with E-state index in [1.807, 2.05) is 31.2 Å². The largest absolute Gasteiger partial charge is 0.481 e. The molecule has 0 aromatic heterocycles. The van der Waals surface area contributed by atoms with Crippen LogP contribution in [0, 0.1) is 0 Å². The SMILES string of the molecule is CCCC(C)(NC(=O)OCC1c2ccccc2-c2ccccc21)C(=O)N(C)CCCCC(=O)O. The number of amides is 2. The molecule has 0 radical (unpaired) electrons. The molecule has 3 rings (SSSR count). The Morgan fingerprint density at radius 3 is 2.18 bits per heavy atom.